The van der Waals surface area contributed by atoms with E-state index in [4.69, 9.17) is 0 Å². The van der Waals surface area contributed by atoms with Crippen LogP contribution < -0.4 is 0 Å². The normalized spacial score (nSPS) is 13.5. The minimum absolute atomic E-state index is 1.06. The van der Waals surface area contributed by atoms with Crippen molar-refractivity contribution >= 4 is 0 Å². The molecule has 1 heteroatoms. The van der Waals surface area contributed by atoms with E-state index >= 15 is 0 Å². The van der Waals surface area contributed by atoms with Gasteiger partial charge in [-0.15, -0.1) is 0 Å². The predicted octanol–water partition coefficient (Wildman–Crippen LogP) is 2.21. The lowest BCUT2D eigenvalue weighted by Gasteiger charge is -2.26. The van der Waals surface area contributed by atoms with Crippen molar-refractivity contribution in [3.05, 3.63) is 24.3 Å². The zero-order valence-electron chi connectivity index (χ0n) is 8.17. The summed E-state index contributed by atoms with van der Waals surface area (Å²) in [7, 11) is 4.47. The third-order valence-electron chi connectivity index (χ3n) is 1.90. The lowest BCUT2D eigenvalue weighted by atomic mass is 10.4. The minimum Gasteiger partial charge on any atom is -0.325 e. The Morgan fingerprint density at radius 3 is 2.27 bits per heavy atom. The highest BCUT2D eigenvalue weighted by atomic mass is 15.3. The van der Waals surface area contributed by atoms with E-state index in [0.29, 0.717) is 0 Å². The molecule has 0 unspecified atom stereocenters. The number of allylic oxidation sites excluding steroid dienone is 3. The van der Waals surface area contributed by atoms with Crippen LogP contribution in [0.1, 0.15) is 13.8 Å². The minimum atomic E-state index is 1.06. The first-order valence-electron chi connectivity index (χ1n) is 4.22. The summed E-state index contributed by atoms with van der Waals surface area (Å²) in [4.78, 5) is 0. The zero-order valence-corrected chi connectivity index (χ0v) is 8.17. The molecule has 0 aromatic carbocycles. The molecule has 11 heavy (non-hydrogen) atoms. The van der Waals surface area contributed by atoms with Gasteiger partial charge in [0.25, 0.3) is 0 Å². The van der Waals surface area contributed by atoms with Gasteiger partial charge in [-0.1, -0.05) is 18.2 Å². The Morgan fingerprint density at radius 2 is 1.82 bits per heavy atom. The second-order valence-electron chi connectivity index (χ2n) is 3.39. The molecule has 0 saturated heterocycles. The molecular weight excluding hydrogens is 134 g/mol. The van der Waals surface area contributed by atoms with Crippen molar-refractivity contribution in [2.24, 2.45) is 0 Å². The van der Waals surface area contributed by atoms with E-state index in [1.807, 2.05) is 13.0 Å². The molecule has 0 spiro atoms. The van der Waals surface area contributed by atoms with Crippen LogP contribution in [0.15, 0.2) is 24.3 Å². The first kappa shape index (κ1) is 10.4. The van der Waals surface area contributed by atoms with Crippen LogP contribution in [-0.4, -0.2) is 31.7 Å². The van der Waals surface area contributed by atoms with Gasteiger partial charge in [-0.3, -0.25) is 0 Å². The Labute approximate surface area is 70.6 Å². The molecule has 0 aromatic rings. The van der Waals surface area contributed by atoms with E-state index in [9.17, 15) is 0 Å². The largest absolute Gasteiger partial charge is 0.325 e. The van der Waals surface area contributed by atoms with Crippen molar-refractivity contribution in [2.75, 3.05) is 27.2 Å². The van der Waals surface area contributed by atoms with E-state index in [-0.39, 0.29) is 0 Å². The maximum Gasteiger partial charge on any atom is 0.0972 e. The summed E-state index contributed by atoms with van der Waals surface area (Å²) in [5.74, 6) is 0. The number of rotatable bonds is 4. The molecule has 0 aromatic heterocycles. The molecule has 0 N–H and O–H groups in total. The summed E-state index contributed by atoms with van der Waals surface area (Å²) in [5.41, 5.74) is 0. The highest BCUT2D eigenvalue weighted by Gasteiger charge is 2.06. The van der Waals surface area contributed by atoms with E-state index in [0.717, 1.165) is 11.0 Å². The maximum atomic E-state index is 2.24. The molecule has 0 rings (SSSR count). The van der Waals surface area contributed by atoms with Gasteiger partial charge in [0.05, 0.1) is 27.2 Å². The van der Waals surface area contributed by atoms with Crippen LogP contribution in [-0.2, 0) is 0 Å². The van der Waals surface area contributed by atoms with Crippen LogP contribution in [0.25, 0.3) is 0 Å². The second kappa shape index (κ2) is 5.14. The van der Waals surface area contributed by atoms with Gasteiger partial charge in [-0.2, -0.15) is 0 Å². The van der Waals surface area contributed by atoms with Gasteiger partial charge >= 0.3 is 0 Å². The van der Waals surface area contributed by atoms with Gasteiger partial charge in [0.15, 0.2) is 0 Å². The molecule has 0 fully saturated rings. The van der Waals surface area contributed by atoms with Crippen molar-refractivity contribution in [1.29, 1.82) is 0 Å². The van der Waals surface area contributed by atoms with Crippen molar-refractivity contribution in [3.63, 3.8) is 0 Å². The molecule has 0 saturated carbocycles. The number of hydrogen-bond donors (Lipinski definition) is 0. The summed E-state index contributed by atoms with van der Waals surface area (Å²) in [5, 5.41) is 0. The van der Waals surface area contributed by atoms with Crippen molar-refractivity contribution in [2.45, 2.75) is 13.8 Å². The Morgan fingerprint density at radius 1 is 1.18 bits per heavy atom. The average Bonchev–Trinajstić information content (AvgIpc) is 1.99. The Hall–Kier alpha value is -0.560. The number of quaternary nitrogens is 1. The molecule has 0 heterocycles. The summed E-state index contributed by atoms with van der Waals surface area (Å²) >= 11 is 0. The van der Waals surface area contributed by atoms with E-state index in [1.54, 1.807) is 0 Å². The fraction of sp³-hybridized carbons (Fsp3) is 0.600. The van der Waals surface area contributed by atoms with Crippen LogP contribution >= 0.6 is 0 Å². The van der Waals surface area contributed by atoms with Gasteiger partial charge < -0.3 is 4.48 Å². The molecule has 1 nitrogen and oxygen atoms in total. The van der Waals surface area contributed by atoms with Gasteiger partial charge in [0, 0.05) is 0 Å². The van der Waals surface area contributed by atoms with E-state index in [2.05, 4.69) is 39.2 Å². The molecule has 0 amide bonds. The molecule has 0 atom stereocenters. The lowest BCUT2D eigenvalue weighted by molar-refractivity contribution is -0.882. The number of nitrogens with zero attached hydrogens (tertiary/aromatic N) is 1. The van der Waals surface area contributed by atoms with Crippen LogP contribution in [0.3, 0.4) is 0 Å². The average molecular weight is 154 g/mol. The van der Waals surface area contributed by atoms with Crippen LogP contribution in [0, 0.1) is 0 Å². The summed E-state index contributed by atoms with van der Waals surface area (Å²) in [6.45, 7) is 6.54. The van der Waals surface area contributed by atoms with E-state index < -0.39 is 0 Å². The van der Waals surface area contributed by atoms with Gasteiger partial charge in [-0.25, -0.2) is 0 Å². The highest BCUT2D eigenvalue weighted by Crippen LogP contribution is 1.95. The van der Waals surface area contributed by atoms with Crippen LogP contribution in [0.4, 0.5) is 0 Å². The third kappa shape index (κ3) is 5.86. The first-order valence-corrected chi connectivity index (χ1v) is 4.22. The van der Waals surface area contributed by atoms with Gasteiger partial charge in [0.1, 0.15) is 0 Å². The van der Waals surface area contributed by atoms with Crippen molar-refractivity contribution in [1.82, 2.24) is 0 Å². The Balaban J connectivity index is 3.68. The lowest BCUT2D eigenvalue weighted by Crippen LogP contribution is -2.39. The highest BCUT2D eigenvalue weighted by molar-refractivity contribution is 5.00. The molecule has 0 bridgehead atoms. The Kier molecular flexibility index (Phi) is 4.88. The summed E-state index contributed by atoms with van der Waals surface area (Å²) in [6, 6.07) is 0. The molecule has 0 radical (unpaired) electrons. The fourth-order valence-electron chi connectivity index (χ4n) is 0.665. The van der Waals surface area contributed by atoms with Crippen LogP contribution in [0.5, 0.6) is 0 Å². The molecule has 0 aliphatic carbocycles. The smallest absolute Gasteiger partial charge is 0.0972 e. The van der Waals surface area contributed by atoms with Gasteiger partial charge in [-0.05, 0) is 19.9 Å². The second-order valence-corrected chi connectivity index (χ2v) is 3.39. The van der Waals surface area contributed by atoms with Gasteiger partial charge in [0.2, 0.25) is 0 Å². The Bertz CT molecular complexity index is 143. The third-order valence-corrected chi connectivity index (χ3v) is 1.90. The zero-order chi connectivity index (χ0) is 8.74. The molecule has 0 aliphatic rings. The predicted molar refractivity (Wildman–Crippen MR) is 51.5 cm³/mol. The van der Waals surface area contributed by atoms with Crippen LogP contribution in [0.2, 0.25) is 0 Å². The molecule has 64 valence electrons. The standard InChI is InChI=1S/C10H20N/c1-5-7-8-9-10-11(3,4)6-2/h5,7-9H,6,10H2,1-4H3/q+1. The first-order chi connectivity index (χ1) is 5.12. The molecule has 0 aliphatic heterocycles. The maximum absolute atomic E-state index is 2.24. The monoisotopic (exact) mass is 154 g/mol. The summed E-state index contributed by atoms with van der Waals surface area (Å²) < 4.78 is 1.06. The quantitative estimate of drug-likeness (QED) is 0.430. The molecular formula is C10H20N+. The topological polar surface area (TPSA) is 0 Å². The number of hydrogen-bond acceptors (Lipinski definition) is 0. The fourth-order valence-corrected chi connectivity index (χ4v) is 0.665. The number of likely N-dealkylation sites (N-methyl/N-ethyl adjacent to an activating group) is 1. The SMILES string of the molecule is CC=CC=CC[N+](C)(C)CC. The summed E-state index contributed by atoms with van der Waals surface area (Å²) in [6.07, 6.45) is 8.43. The van der Waals surface area contributed by atoms with E-state index in [1.165, 1.54) is 6.54 Å². The van der Waals surface area contributed by atoms with Crippen molar-refractivity contribution in [3.8, 4) is 0 Å². The van der Waals surface area contributed by atoms with Crippen molar-refractivity contribution < 1.29 is 4.48 Å².